The van der Waals surface area contributed by atoms with E-state index < -0.39 is 0 Å². The lowest BCUT2D eigenvalue weighted by Gasteiger charge is -2.17. The van der Waals surface area contributed by atoms with Crippen LogP contribution in [0.25, 0.3) is 0 Å². The predicted molar refractivity (Wildman–Crippen MR) is 65.3 cm³/mol. The molecule has 0 aliphatic carbocycles. The number of hydrogen-bond donors (Lipinski definition) is 0. The third-order valence-corrected chi connectivity index (χ3v) is 2.37. The molecule has 0 amide bonds. The second-order valence-electron chi connectivity index (χ2n) is 4.04. The fourth-order valence-corrected chi connectivity index (χ4v) is 1.49. The maximum atomic E-state index is 5.79. The minimum Gasteiger partial charge on any atom is -0.381 e. The third kappa shape index (κ3) is 10.2. The number of rotatable bonds is 11. The van der Waals surface area contributed by atoms with Gasteiger partial charge in [0.25, 0.3) is 0 Å². The molecule has 0 rings (SSSR count). The topological polar surface area (TPSA) is 18.5 Å². The number of hydrogen-bond acceptors (Lipinski definition) is 2. The minimum atomic E-state index is 0.418. The van der Waals surface area contributed by atoms with Crippen molar-refractivity contribution in [3.8, 4) is 0 Å². The number of ether oxygens (including phenoxy) is 2. The van der Waals surface area contributed by atoms with Crippen molar-refractivity contribution in [2.24, 2.45) is 0 Å². The average Bonchev–Trinajstić information content (AvgIpc) is 2.27. The van der Waals surface area contributed by atoms with Crippen LogP contribution in [0.4, 0.5) is 0 Å². The van der Waals surface area contributed by atoms with Crippen LogP contribution in [-0.2, 0) is 9.47 Å². The largest absolute Gasteiger partial charge is 0.381 e. The molecule has 0 saturated carbocycles. The van der Waals surface area contributed by atoms with Gasteiger partial charge in [0.15, 0.2) is 0 Å². The van der Waals surface area contributed by atoms with Gasteiger partial charge in [0.1, 0.15) is 0 Å². The maximum Gasteiger partial charge on any atom is 0.0597 e. The van der Waals surface area contributed by atoms with E-state index in [0.717, 1.165) is 39.1 Å². The SMILES string of the molecule is CCCCC(CCOCCC)OCCC. The van der Waals surface area contributed by atoms with Crippen LogP contribution in [0.5, 0.6) is 0 Å². The van der Waals surface area contributed by atoms with Crippen LogP contribution in [0, 0.1) is 0 Å². The lowest BCUT2D eigenvalue weighted by Crippen LogP contribution is -2.16. The van der Waals surface area contributed by atoms with Gasteiger partial charge in [0.05, 0.1) is 6.10 Å². The summed E-state index contributed by atoms with van der Waals surface area (Å²) in [6.07, 6.45) is 7.39. The Morgan fingerprint density at radius 3 is 2.13 bits per heavy atom. The van der Waals surface area contributed by atoms with Crippen molar-refractivity contribution in [1.29, 1.82) is 0 Å². The lowest BCUT2D eigenvalue weighted by molar-refractivity contribution is 0.0159. The van der Waals surface area contributed by atoms with Crippen molar-refractivity contribution in [2.45, 2.75) is 65.4 Å². The lowest BCUT2D eigenvalue weighted by atomic mass is 10.1. The third-order valence-electron chi connectivity index (χ3n) is 2.37. The van der Waals surface area contributed by atoms with Crippen LogP contribution in [0.2, 0.25) is 0 Å². The highest BCUT2D eigenvalue weighted by Gasteiger charge is 2.07. The van der Waals surface area contributed by atoms with Crippen molar-refractivity contribution in [3.05, 3.63) is 0 Å². The Morgan fingerprint density at radius 2 is 1.53 bits per heavy atom. The van der Waals surface area contributed by atoms with Crippen molar-refractivity contribution in [1.82, 2.24) is 0 Å². The molecule has 15 heavy (non-hydrogen) atoms. The molecule has 1 unspecified atom stereocenters. The molecule has 0 aromatic carbocycles. The quantitative estimate of drug-likeness (QED) is 0.489. The highest BCUT2D eigenvalue weighted by molar-refractivity contribution is 4.58. The summed E-state index contributed by atoms with van der Waals surface area (Å²) in [7, 11) is 0. The molecule has 0 N–H and O–H groups in total. The van der Waals surface area contributed by atoms with Gasteiger partial charge in [-0.1, -0.05) is 33.6 Å². The van der Waals surface area contributed by atoms with Gasteiger partial charge in [-0.05, 0) is 25.7 Å². The van der Waals surface area contributed by atoms with Gasteiger partial charge in [0, 0.05) is 19.8 Å². The Hall–Kier alpha value is -0.0800. The zero-order valence-corrected chi connectivity index (χ0v) is 10.8. The van der Waals surface area contributed by atoms with Crippen molar-refractivity contribution in [2.75, 3.05) is 19.8 Å². The Balaban J connectivity index is 3.49. The summed E-state index contributed by atoms with van der Waals surface area (Å²) in [5, 5.41) is 0. The first-order valence-electron chi connectivity index (χ1n) is 6.54. The Morgan fingerprint density at radius 1 is 0.800 bits per heavy atom. The smallest absolute Gasteiger partial charge is 0.0597 e. The van der Waals surface area contributed by atoms with Crippen molar-refractivity contribution in [3.63, 3.8) is 0 Å². The highest BCUT2D eigenvalue weighted by atomic mass is 16.5. The highest BCUT2D eigenvalue weighted by Crippen LogP contribution is 2.09. The minimum absolute atomic E-state index is 0.418. The van der Waals surface area contributed by atoms with Gasteiger partial charge >= 0.3 is 0 Å². The predicted octanol–water partition coefficient (Wildman–Crippen LogP) is 3.79. The van der Waals surface area contributed by atoms with E-state index in [9.17, 15) is 0 Å². The van der Waals surface area contributed by atoms with Gasteiger partial charge < -0.3 is 9.47 Å². The zero-order chi connectivity index (χ0) is 11.4. The van der Waals surface area contributed by atoms with E-state index in [-0.39, 0.29) is 0 Å². The van der Waals surface area contributed by atoms with Crippen LogP contribution in [-0.4, -0.2) is 25.9 Å². The molecular formula is C13H28O2. The van der Waals surface area contributed by atoms with Crippen LogP contribution in [0.3, 0.4) is 0 Å². The summed E-state index contributed by atoms with van der Waals surface area (Å²) < 4.78 is 11.3. The van der Waals surface area contributed by atoms with Crippen molar-refractivity contribution >= 4 is 0 Å². The summed E-state index contributed by atoms with van der Waals surface area (Å²) >= 11 is 0. The molecule has 0 spiro atoms. The molecule has 0 radical (unpaired) electrons. The van der Waals surface area contributed by atoms with E-state index in [4.69, 9.17) is 9.47 Å². The van der Waals surface area contributed by atoms with E-state index in [1.54, 1.807) is 0 Å². The summed E-state index contributed by atoms with van der Waals surface area (Å²) in [6.45, 7) is 9.15. The summed E-state index contributed by atoms with van der Waals surface area (Å²) in [6, 6.07) is 0. The molecular weight excluding hydrogens is 188 g/mol. The molecule has 2 heteroatoms. The van der Waals surface area contributed by atoms with Crippen molar-refractivity contribution < 1.29 is 9.47 Å². The molecule has 0 fully saturated rings. The normalized spacial score (nSPS) is 13.0. The van der Waals surface area contributed by atoms with Crippen LogP contribution in [0.1, 0.15) is 59.3 Å². The first-order chi connectivity index (χ1) is 7.35. The standard InChI is InChI=1S/C13H28O2/c1-4-7-8-13(15-11-6-3)9-12-14-10-5-2/h13H,4-12H2,1-3H3. The number of unbranched alkanes of at least 4 members (excludes halogenated alkanes) is 1. The molecule has 0 saturated heterocycles. The first kappa shape index (κ1) is 14.9. The summed E-state index contributed by atoms with van der Waals surface area (Å²) in [5.41, 5.74) is 0. The fourth-order valence-electron chi connectivity index (χ4n) is 1.49. The molecule has 1 atom stereocenters. The molecule has 92 valence electrons. The molecule has 2 nitrogen and oxygen atoms in total. The monoisotopic (exact) mass is 216 g/mol. The Kier molecular flexibility index (Phi) is 11.9. The molecule has 0 aromatic heterocycles. The van der Waals surface area contributed by atoms with Crippen LogP contribution < -0.4 is 0 Å². The van der Waals surface area contributed by atoms with Crippen LogP contribution in [0.15, 0.2) is 0 Å². The molecule has 0 bridgehead atoms. The van der Waals surface area contributed by atoms with Gasteiger partial charge in [0.2, 0.25) is 0 Å². The zero-order valence-electron chi connectivity index (χ0n) is 10.8. The maximum absolute atomic E-state index is 5.79. The molecule has 0 aliphatic heterocycles. The first-order valence-corrected chi connectivity index (χ1v) is 6.54. The summed E-state index contributed by atoms with van der Waals surface area (Å²) in [5.74, 6) is 0. The second kappa shape index (κ2) is 12.0. The fraction of sp³-hybridized carbons (Fsp3) is 1.00. The Labute approximate surface area is 95.3 Å². The molecule has 0 heterocycles. The van der Waals surface area contributed by atoms with E-state index in [2.05, 4.69) is 20.8 Å². The molecule has 0 aromatic rings. The van der Waals surface area contributed by atoms with Gasteiger partial charge in [-0.15, -0.1) is 0 Å². The average molecular weight is 216 g/mol. The van der Waals surface area contributed by atoms with E-state index in [0.29, 0.717) is 6.10 Å². The molecule has 0 aliphatic rings. The van der Waals surface area contributed by atoms with Crippen LogP contribution >= 0.6 is 0 Å². The van der Waals surface area contributed by atoms with E-state index in [1.165, 1.54) is 19.3 Å². The Bertz CT molecular complexity index is 107. The van der Waals surface area contributed by atoms with E-state index in [1.807, 2.05) is 0 Å². The second-order valence-corrected chi connectivity index (χ2v) is 4.04. The van der Waals surface area contributed by atoms with Gasteiger partial charge in [-0.3, -0.25) is 0 Å². The van der Waals surface area contributed by atoms with Gasteiger partial charge in [-0.2, -0.15) is 0 Å². The van der Waals surface area contributed by atoms with E-state index >= 15 is 0 Å². The van der Waals surface area contributed by atoms with Gasteiger partial charge in [-0.25, -0.2) is 0 Å². The summed E-state index contributed by atoms with van der Waals surface area (Å²) in [4.78, 5) is 0.